The molecule has 0 saturated carbocycles. The second kappa shape index (κ2) is 6.49. The van der Waals surface area contributed by atoms with Crippen molar-refractivity contribution in [2.75, 3.05) is 11.9 Å². The number of aryl methyl sites for hydroxylation is 1. The summed E-state index contributed by atoms with van der Waals surface area (Å²) in [6.07, 6.45) is 1.64. The fourth-order valence-electron chi connectivity index (χ4n) is 2.20. The highest BCUT2D eigenvalue weighted by molar-refractivity contribution is 5.93. The molecule has 0 aliphatic carbocycles. The van der Waals surface area contributed by atoms with Gasteiger partial charge in [0, 0.05) is 24.8 Å². The van der Waals surface area contributed by atoms with Gasteiger partial charge in [-0.05, 0) is 18.1 Å². The van der Waals surface area contributed by atoms with Gasteiger partial charge in [-0.2, -0.15) is 0 Å². The Hall–Kier alpha value is -2.21. The lowest BCUT2D eigenvalue weighted by Gasteiger charge is -2.18. The molecule has 2 aromatic rings. The van der Waals surface area contributed by atoms with Crippen LogP contribution >= 0.6 is 0 Å². The van der Waals surface area contributed by atoms with Crippen LogP contribution in [0.25, 0.3) is 11.4 Å². The molecular weight excluding hydrogens is 266 g/mol. The summed E-state index contributed by atoms with van der Waals surface area (Å²) in [4.78, 5) is 12.2. The van der Waals surface area contributed by atoms with Crippen molar-refractivity contribution in [1.82, 2.24) is 14.8 Å². The van der Waals surface area contributed by atoms with Crippen molar-refractivity contribution in [2.24, 2.45) is 24.6 Å². The van der Waals surface area contributed by atoms with Gasteiger partial charge in [0.15, 0.2) is 5.82 Å². The number of carbonyl (C=O) groups is 1. The SMILES string of the molecule is CC(C)C(CN)C(=O)Nc1cccc(-c2nncn2C)c1. The molecule has 3 N–H and O–H groups in total. The molecule has 21 heavy (non-hydrogen) atoms. The van der Waals surface area contributed by atoms with Crippen molar-refractivity contribution in [1.29, 1.82) is 0 Å². The van der Waals surface area contributed by atoms with Crippen molar-refractivity contribution in [3.8, 4) is 11.4 Å². The second-order valence-corrected chi connectivity index (χ2v) is 5.42. The van der Waals surface area contributed by atoms with Gasteiger partial charge in [0.25, 0.3) is 0 Å². The van der Waals surface area contributed by atoms with Gasteiger partial charge in [0.05, 0.1) is 5.92 Å². The molecule has 1 unspecified atom stereocenters. The van der Waals surface area contributed by atoms with Crippen molar-refractivity contribution >= 4 is 11.6 Å². The molecule has 0 fully saturated rings. The van der Waals surface area contributed by atoms with E-state index in [2.05, 4.69) is 15.5 Å². The molecule has 1 aromatic carbocycles. The first-order valence-electron chi connectivity index (χ1n) is 6.98. The average Bonchev–Trinajstić information content (AvgIpc) is 2.85. The smallest absolute Gasteiger partial charge is 0.229 e. The van der Waals surface area contributed by atoms with Gasteiger partial charge < -0.3 is 15.6 Å². The number of nitrogens with zero attached hydrogens (tertiary/aromatic N) is 3. The van der Waals surface area contributed by atoms with Crippen LogP contribution < -0.4 is 11.1 Å². The zero-order valence-corrected chi connectivity index (χ0v) is 12.6. The lowest BCUT2D eigenvalue weighted by atomic mass is 9.95. The van der Waals surface area contributed by atoms with E-state index >= 15 is 0 Å². The maximum absolute atomic E-state index is 12.2. The Kier molecular flexibility index (Phi) is 4.70. The topological polar surface area (TPSA) is 85.8 Å². The van der Waals surface area contributed by atoms with Crippen LogP contribution in [0.15, 0.2) is 30.6 Å². The number of hydrogen-bond acceptors (Lipinski definition) is 4. The first kappa shape index (κ1) is 15.2. The van der Waals surface area contributed by atoms with Crippen LogP contribution in [0.4, 0.5) is 5.69 Å². The van der Waals surface area contributed by atoms with E-state index in [4.69, 9.17) is 5.73 Å². The standard InChI is InChI=1S/C15H21N5O/c1-10(2)13(8-16)15(21)18-12-6-4-5-11(7-12)14-19-17-9-20(14)3/h4-7,9-10,13H,8,16H2,1-3H3,(H,18,21). The molecular formula is C15H21N5O. The summed E-state index contributed by atoms with van der Waals surface area (Å²) in [6.45, 7) is 4.33. The van der Waals surface area contributed by atoms with Gasteiger partial charge in [-0.25, -0.2) is 0 Å². The lowest BCUT2D eigenvalue weighted by molar-refractivity contribution is -0.120. The van der Waals surface area contributed by atoms with Crippen molar-refractivity contribution < 1.29 is 4.79 Å². The van der Waals surface area contributed by atoms with Crippen molar-refractivity contribution in [2.45, 2.75) is 13.8 Å². The zero-order chi connectivity index (χ0) is 15.4. The minimum Gasteiger partial charge on any atom is -0.330 e. The molecule has 0 saturated heterocycles. The van der Waals surface area contributed by atoms with Crippen LogP contribution in [-0.2, 0) is 11.8 Å². The minimum absolute atomic E-state index is 0.0531. The minimum atomic E-state index is -0.191. The van der Waals surface area contributed by atoms with Crippen LogP contribution in [0.1, 0.15) is 13.8 Å². The highest BCUT2D eigenvalue weighted by Gasteiger charge is 2.20. The number of rotatable bonds is 5. The third kappa shape index (κ3) is 3.46. The molecule has 112 valence electrons. The number of anilines is 1. The number of nitrogens with one attached hydrogen (secondary N) is 1. The molecule has 1 heterocycles. The highest BCUT2D eigenvalue weighted by atomic mass is 16.1. The van der Waals surface area contributed by atoms with Gasteiger partial charge in [-0.3, -0.25) is 4.79 Å². The zero-order valence-electron chi connectivity index (χ0n) is 12.6. The van der Waals surface area contributed by atoms with Crippen molar-refractivity contribution in [3.63, 3.8) is 0 Å². The van der Waals surface area contributed by atoms with E-state index in [0.717, 1.165) is 17.1 Å². The largest absolute Gasteiger partial charge is 0.330 e. The second-order valence-electron chi connectivity index (χ2n) is 5.42. The van der Waals surface area contributed by atoms with Crippen LogP contribution in [-0.4, -0.2) is 27.2 Å². The fourth-order valence-corrected chi connectivity index (χ4v) is 2.20. The first-order chi connectivity index (χ1) is 10.0. The molecule has 1 aromatic heterocycles. The molecule has 1 atom stereocenters. The molecule has 0 bridgehead atoms. The van der Waals surface area contributed by atoms with E-state index in [1.807, 2.05) is 49.7 Å². The van der Waals surface area contributed by atoms with E-state index < -0.39 is 0 Å². The molecule has 0 aliphatic rings. The molecule has 1 amide bonds. The number of amides is 1. The Balaban J connectivity index is 2.19. The van der Waals surface area contributed by atoms with Gasteiger partial charge in [-0.15, -0.1) is 10.2 Å². The molecule has 2 rings (SSSR count). The summed E-state index contributed by atoms with van der Waals surface area (Å²) in [7, 11) is 1.88. The Morgan fingerprint density at radius 3 is 2.76 bits per heavy atom. The summed E-state index contributed by atoms with van der Waals surface area (Å²) >= 11 is 0. The number of aromatic nitrogens is 3. The maximum Gasteiger partial charge on any atom is 0.229 e. The van der Waals surface area contributed by atoms with Crippen LogP contribution in [0.5, 0.6) is 0 Å². The normalized spacial score (nSPS) is 12.4. The molecule has 6 nitrogen and oxygen atoms in total. The predicted octanol–water partition coefficient (Wildman–Crippen LogP) is 1.65. The number of carbonyl (C=O) groups excluding carboxylic acids is 1. The predicted molar refractivity (Wildman–Crippen MR) is 82.5 cm³/mol. The fraction of sp³-hybridized carbons (Fsp3) is 0.400. The lowest BCUT2D eigenvalue weighted by Crippen LogP contribution is -2.33. The summed E-state index contributed by atoms with van der Waals surface area (Å²) < 4.78 is 1.83. The van der Waals surface area contributed by atoms with Gasteiger partial charge in [0.2, 0.25) is 5.91 Å². The van der Waals surface area contributed by atoms with E-state index in [-0.39, 0.29) is 17.7 Å². The first-order valence-corrected chi connectivity index (χ1v) is 6.98. The maximum atomic E-state index is 12.2. The van der Waals surface area contributed by atoms with E-state index in [9.17, 15) is 4.79 Å². The monoisotopic (exact) mass is 287 g/mol. The van der Waals surface area contributed by atoms with Crippen molar-refractivity contribution in [3.05, 3.63) is 30.6 Å². The van der Waals surface area contributed by atoms with E-state index in [1.165, 1.54) is 0 Å². The third-order valence-electron chi connectivity index (χ3n) is 3.50. The van der Waals surface area contributed by atoms with Crippen LogP contribution in [0, 0.1) is 11.8 Å². The van der Waals surface area contributed by atoms with Gasteiger partial charge in [-0.1, -0.05) is 26.0 Å². The molecule has 0 radical (unpaired) electrons. The highest BCUT2D eigenvalue weighted by Crippen LogP contribution is 2.21. The Bertz CT molecular complexity index is 620. The third-order valence-corrected chi connectivity index (χ3v) is 3.50. The van der Waals surface area contributed by atoms with Crippen LogP contribution in [0.3, 0.4) is 0 Å². The quantitative estimate of drug-likeness (QED) is 0.875. The molecule has 0 spiro atoms. The van der Waals surface area contributed by atoms with Crippen LogP contribution in [0.2, 0.25) is 0 Å². The van der Waals surface area contributed by atoms with E-state index in [0.29, 0.717) is 6.54 Å². The number of hydrogen-bond donors (Lipinski definition) is 2. The summed E-state index contributed by atoms with van der Waals surface area (Å²) in [5, 5.41) is 10.8. The Morgan fingerprint density at radius 1 is 1.43 bits per heavy atom. The van der Waals surface area contributed by atoms with E-state index in [1.54, 1.807) is 6.33 Å². The molecule has 6 heteroatoms. The summed E-state index contributed by atoms with van der Waals surface area (Å²) in [5.74, 6) is 0.716. The number of benzene rings is 1. The Labute approximate surface area is 124 Å². The Morgan fingerprint density at radius 2 is 2.19 bits per heavy atom. The van der Waals surface area contributed by atoms with Gasteiger partial charge in [0.1, 0.15) is 6.33 Å². The number of nitrogens with two attached hydrogens (primary N) is 1. The average molecular weight is 287 g/mol. The summed E-state index contributed by atoms with van der Waals surface area (Å²) in [5.41, 5.74) is 7.31. The summed E-state index contributed by atoms with van der Waals surface area (Å²) in [6, 6.07) is 7.55. The molecule has 0 aliphatic heterocycles. The van der Waals surface area contributed by atoms with Gasteiger partial charge >= 0.3 is 0 Å².